The van der Waals surface area contributed by atoms with Crippen molar-refractivity contribution in [3.63, 3.8) is 0 Å². The number of urea groups is 1. The summed E-state index contributed by atoms with van der Waals surface area (Å²) in [5, 5.41) is 6.23. The van der Waals surface area contributed by atoms with Crippen LogP contribution in [0.15, 0.2) is 30.3 Å². The number of rotatable bonds is 8. The van der Waals surface area contributed by atoms with E-state index < -0.39 is 0 Å². The lowest BCUT2D eigenvalue weighted by Crippen LogP contribution is -2.58. The van der Waals surface area contributed by atoms with Crippen molar-refractivity contribution in [2.75, 3.05) is 33.4 Å². The highest BCUT2D eigenvalue weighted by atomic mass is 16.5. The molecule has 6 heteroatoms. The zero-order valence-corrected chi connectivity index (χ0v) is 16.2. The van der Waals surface area contributed by atoms with Gasteiger partial charge in [-0.15, -0.1) is 0 Å². The highest BCUT2D eigenvalue weighted by Crippen LogP contribution is 2.40. The number of methoxy groups -OCH3 is 1. The van der Waals surface area contributed by atoms with Crippen LogP contribution in [0.2, 0.25) is 0 Å². The summed E-state index contributed by atoms with van der Waals surface area (Å²) in [5.41, 5.74) is 1.04. The van der Waals surface area contributed by atoms with Crippen molar-refractivity contribution in [3.05, 3.63) is 35.9 Å². The van der Waals surface area contributed by atoms with Crippen LogP contribution in [0.4, 0.5) is 4.79 Å². The van der Waals surface area contributed by atoms with Crippen LogP contribution in [0.5, 0.6) is 0 Å². The van der Waals surface area contributed by atoms with E-state index in [4.69, 9.17) is 4.74 Å². The van der Waals surface area contributed by atoms with Gasteiger partial charge in [0.05, 0.1) is 0 Å². The zero-order valence-electron chi connectivity index (χ0n) is 16.2. The lowest BCUT2D eigenvalue weighted by molar-refractivity contribution is -0.127. The molecule has 1 aromatic carbocycles. The summed E-state index contributed by atoms with van der Waals surface area (Å²) in [7, 11) is 1.54. The van der Waals surface area contributed by atoms with Crippen molar-refractivity contribution in [1.29, 1.82) is 0 Å². The molecular formula is C21H31N3O3. The fourth-order valence-corrected chi connectivity index (χ4v) is 3.93. The number of ether oxygens (including phenoxy) is 1. The van der Waals surface area contributed by atoms with E-state index in [0.29, 0.717) is 19.6 Å². The third-order valence-electron chi connectivity index (χ3n) is 5.60. The summed E-state index contributed by atoms with van der Waals surface area (Å²) < 4.78 is 4.96. The van der Waals surface area contributed by atoms with Gasteiger partial charge in [0.25, 0.3) is 0 Å². The Morgan fingerprint density at radius 1 is 1.19 bits per heavy atom. The first kappa shape index (κ1) is 19.7. The molecule has 0 aromatic heterocycles. The van der Waals surface area contributed by atoms with Crippen LogP contribution < -0.4 is 10.6 Å². The zero-order chi connectivity index (χ0) is 19.1. The van der Waals surface area contributed by atoms with Gasteiger partial charge < -0.3 is 20.3 Å². The standard InChI is InChI=1S/C21H31N3O3/c1-27-16-19(25)23-21(15-18-7-8-18)10-13-24(14-11-21)20(26)22-12-9-17-5-3-2-4-6-17/h2-6,18H,7-16H2,1H3,(H,22,26)(H,23,25). The van der Waals surface area contributed by atoms with Gasteiger partial charge in [0, 0.05) is 32.3 Å². The molecule has 0 bridgehead atoms. The summed E-state index contributed by atoms with van der Waals surface area (Å²) in [6.45, 7) is 2.08. The van der Waals surface area contributed by atoms with E-state index in [9.17, 15) is 9.59 Å². The largest absolute Gasteiger partial charge is 0.375 e. The maximum atomic E-state index is 12.5. The number of hydrogen-bond acceptors (Lipinski definition) is 3. The van der Waals surface area contributed by atoms with Gasteiger partial charge in [-0.3, -0.25) is 4.79 Å². The Hall–Kier alpha value is -2.08. The molecule has 1 aliphatic heterocycles. The molecule has 1 heterocycles. The van der Waals surface area contributed by atoms with Gasteiger partial charge in [-0.1, -0.05) is 43.2 Å². The molecule has 1 saturated heterocycles. The second-order valence-corrected chi connectivity index (χ2v) is 7.86. The molecule has 1 saturated carbocycles. The van der Waals surface area contributed by atoms with Crippen LogP contribution in [0.1, 0.15) is 37.7 Å². The number of nitrogens with one attached hydrogen (secondary N) is 2. The first-order chi connectivity index (χ1) is 13.1. The van der Waals surface area contributed by atoms with Crippen molar-refractivity contribution in [2.45, 2.75) is 44.1 Å². The van der Waals surface area contributed by atoms with Gasteiger partial charge in [0.2, 0.25) is 5.91 Å². The topological polar surface area (TPSA) is 70.7 Å². The van der Waals surface area contributed by atoms with Gasteiger partial charge in [-0.2, -0.15) is 0 Å². The summed E-state index contributed by atoms with van der Waals surface area (Å²) in [4.78, 5) is 26.4. The molecular weight excluding hydrogens is 342 g/mol. The van der Waals surface area contributed by atoms with E-state index in [0.717, 1.165) is 31.6 Å². The van der Waals surface area contributed by atoms with Crippen LogP contribution in [-0.2, 0) is 16.0 Å². The number of likely N-dealkylation sites (tertiary alicyclic amines) is 1. The maximum absolute atomic E-state index is 12.5. The normalized spacial score (nSPS) is 18.8. The third-order valence-corrected chi connectivity index (χ3v) is 5.60. The van der Waals surface area contributed by atoms with Crippen LogP contribution in [0, 0.1) is 5.92 Å². The minimum Gasteiger partial charge on any atom is -0.375 e. The second kappa shape index (κ2) is 9.22. The summed E-state index contributed by atoms with van der Waals surface area (Å²) in [6, 6.07) is 10.2. The van der Waals surface area contributed by atoms with E-state index in [2.05, 4.69) is 22.8 Å². The molecule has 0 unspecified atom stereocenters. The molecule has 1 aliphatic carbocycles. The van der Waals surface area contributed by atoms with Gasteiger partial charge in [-0.05, 0) is 37.2 Å². The van der Waals surface area contributed by atoms with Crippen LogP contribution in [-0.4, -0.2) is 55.7 Å². The molecule has 3 amide bonds. The Balaban J connectivity index is 1.46. The monoisotopic (exact) mass is 373 g/mol. The third kappa shape index (κ3) is 5.96. The molecule has 0 atom stereocenters. The van der Waals surface area contributed by atoms with Crippen molar-refractivity contribution in [3.8, 4) is 0 Å². The predicted octanol–water partition coefficient (Wildman–Crippen LogP) is 2.34. The minimum absolute atomic E-state index is 0.00540. The van der Waals surface area contributed by atoms with Crippen LogP contribution in [0.25, 0.3) is 0 Å². The molecule has 6 nitrogen and oxygen atoms in total. The molecule has 2 fully saturated rings. The molecule has 3 rings (SSSR count). The number of benzene rings is 1. The number of carbonyl (C=O) groups excluding carboxylic acids is 2. The van der Waals surface area contributed by atoms with E-state index in [-0.39, 0.29) is 24.1 Å². The molecule has 27 heavy (non-hydrogen) atoms. The van der Waals surface area contributed by atoms with Crippen molar-refractivity contribution >= 4 is 11.9 Å². The maximum Gasteiger partial charge on any atom is 0.317 e. The summed E-state index contributed by atoms with van der Waals surface area (Å²) in [5.74, 6) is 0.665. The molecule has 2 aliphatic rings. The highest BCUT2D eigenvalue weighted by Gasteiger charge is 2.41. The summed E-state index contributed by atoms with van der Waals surface area (Å²) in [6.07, 6.45) is 5.98. The number of piperidine rings is 1. The average molecular weight is 373 g/mol. The van der Waals surface area contributed by atoms with E-state index in [1.807, 2.05) is 23.1 Å². The minimum atomic E-state index is -0.183. The fourth-order valence-electron chi connectivity index (χ4n) is 3.93. The average Bonchev–Trinajstić information content (AvgIpc) is 3.47. The number of hydrogen-bond donors (Lipinski definition) is 2. The Morgan fingerprint density at radius 3 is 2.52 bits per heavy atom. The predicted molar refractivity (Wildman–Crippen MR) is 104 cm³/mol. The SMILES string of the molecule is COCC(=O)NC1(CC2CC2)CCN(C(=O)NCCc2ccccc2)CC1. The number of carbonyl (C=O) groups is 2. The van der Waals surface area contributed by atoms with Crippen LogP contribution >= 0.6 is 0 Å². The highest BCUT2D eigenvalue weighted by molar-refractivity contribution is 5.78. The van der Waals surface area contributed by atoms with Crippen molar-refractivity contribution in [2.24, 2.45) is 5.92 Å². The van der Waals surface area contributed by atoms with E-state index in [1.54, 1.807) is 0 Å². The fraction of sp³-hybridized carbons (Fsp3) is 0.619. The number of amides is 3. The van der Waals surface area contributed by atoms with Crippen molar-refractivity contribution in [1.82, 2.24) is 15.5 Å². The summed E-state index contributed by atoms with van der Waals surface area (Å²) >= 11 is 0. The molecule has 148 valence electrons. The Labute approximate surface area is 161 Å². The quantitative estimate of drug-likeness (QED) is 0.735. The van der Waals surface area contributed by atoms with Gasteiger partial charge >= 0.3 is 6.03 Å². The van der Waals surface area contributed by atoms with Gasteiger partial charge in [0.1, 0.15) is 6.61 Å². The smallest absolute Gasteiger partial charge is 0.317 e. The lowest BCUT2D eigenvalue weighted by Gasteiger charge is -2.42. The second-order valence-electron chi connectivity index (χ2n) is 7.86. The number of nitrogens with zero attached hydrogens (tertiary/aromatic N) is 1. The lowest BCUT2D eigenvalue weighted by atomic mass is 9.82. The van der Waals surface area contributed by atoms with Crippen molar-refractivity contribution < 1.29 is 14.3 Å². The Morgan fingerprint density at radius 2 is 1.89 bits per heavy atom. The Bertz CT molecular complexity index is 623. The molecule has 0 radical (unpaired) electrons. The first-order valence-electron chi connectivity index (χ1n) is 9.97. The van der Waals surface area contributed by atoms with E-state index in [1.165, 1.54) is 25.5 Å². The van der Waals surface area contributed by atoms with Gasteiger partial charge in [0.15, 0.2) is 0 Å². The molecule has 2 N–H and O–H groups in total. The Kier molecular flexibility index (Phi) is 6.72. The molecule has 1 aromatic rings. The van der Waals surface area contributed by atoms with Crippen LogP contribution in [0.3, 0.4) is 0 Å². The first-order valence-corrected chi connectivity index (χ1v) is 9.97. The molecule has 0 spiro atoms. The van der Waals surface area contributed by atoms with Gasteiger partial charge in [-0.25, -0.2) is 4.79 Å². The van der Waals surface area contributed by atoms with E-state index >= 15 is 0 Å².